The molecule has 1 aromatic carbocycles. The van der Waals surface area contributed by atoms with Gasteiger partial charge in [0.05, 0.1) is 11.1 Å². The van der Waals surface area contributed by atoms with E-state index < -0.39 is 0 Å². The predicted molar refractivity (Wildman–Crippen MR) is 81.8 cm³/mol. The van der Waals surface area contributed by atoms with Crippen LogP contribution in [0, 0.1) is 5.92 Å². The van der Waals surface area contributed by atoms with Gasteiger partial charge in [-0.1, -0.05) is 29.8 Å². The van der Waals surface area contributed by atoms with Gasteiger partial charge in [-0.2, -0.15) is 0 Å². The molecule has 0 fully saturated rings. The lowest BCUT2D eigenvalue weighted by Crippen LogP contribution is -2.40. The maximum atomic E-state index is 12.2. The minimum Gasteiger partial charge on any atom is -0.312 e. The quantitative estimate of drug-likeness (QED) is 0.839. The first-order chi connectivity index (χ1) is 9.41. The molecule has 5 heteroatoms. The van der Waals surface area contributed by atoms with E-state index in [4.69, 9.17) is 0 Å². The number of hydrogen-bond acceptors (Lipinski definition) is 3. The highest BCUT2D eigenvalue weighted by Gasteiger charge is 2.35. The molecule has 1 atom stereocenters. The van der Waals surface area contributed by atoms with Crippen molar-refractivity contribution >= 4 is 27.7 Å². The Morgan fingerprint density at radius 3 is 2.45 bits per heavy atom. The Bertz CT molecular complexity index is 543. The van der Waals surface area contributed by atoms with E-state index in [9.17, 15) is 9.59 Å². The van der Waals surface area contributed by atoms with Gasteiger partial charge in [-0.05, 0) is 31.0 Å². The topological polar surface area (TPSA) is 49.4 Å². The van der Waals surface area contributed by atoms with Crippen molar-refractivity contribution in [3.63, 3.8) is 0 Å². The number of carbonyl (C=O) groups excluding carboxylic acids is 2. The van der Waals surface area contributed by atoms with Crippen LogP contribution in [-0.4, -0.2) is 35.8 Å². The molecule has 0 radical (unpaired) electrons. The molecule has 0 saturated carbocycles. The van der Waals surface area contributed by atoms with Gasteiger partial charge in [0.2, 0.25) is 0 Å². The number of halogens is 1. The minimum absolute atomic E-state index is 0.198. The number of imide groups is 1. The summed E-state index contributed by atoms with van der Waals surface area (Å²) < 4.78 is 0.811. The first-order valence-electron chi connectivity index (χ1n) is 6.81. The van der Waals surface area contributed by atoms with Crippen molar-refractivity contribution in [2.45, 2.75) is 26.8 Å². The van der Waals surface area contributed by atoms with Crippen molar-refractivity contribution in [3.05, 3.63) is 33.8 Å². The van der Waals surface area contributed by atoms with E-state index in [2.05, 4.69) is 42.0 Å². The third-order valence-electron chi connectivity index (χ3n) is 3.73. The van der Waals surface area contributed by atoms with Crippen LogP contribution in [0.5, 0.6) is 0 Å². The van der Waals surface area contributed by atoms with Crippen LogP contribution >= 0.6 is 15.9 Å². The molecule has 108 valence electrons. The van der Waals surface area contributed by atoms with Gasteiger partial charge in [-0.25, -0.2) is 0 Å². The molecule has 1 N–H and O–H groups in total. The summed E-state index contributed by atoms with van der Waals surface area (Å²) in [6.45, 7) is 7.39. The molecule has 2 rings (SSSR count). The standard InChI is InChI=1S/C15H19BrN2O2/c1-9(2)10(3)17-6-7-18-14(19)12-5-4-11(16)8-13(12)15(18)20/h4-5,8-10,17H,6-7H2,1-3H3. The maximum Gasteiger partial charge on any atom is 0.261 e. The van der Waals surface area contributed by atoms with Gasteiger partial charge in [-0.3, -0.25) is 14.5 Å². The highest BCUT2D eigenvalue weighted by Crippen LogP contribution is 2.25. The molecule has 1 heterocycles. The number of rotatable bonds is 5. The van der Waals surface area contributed by atoms with Gasteiger partial charge < -0.3 is 5.32 Å². The van der Waals surface area contributed by atoms with Crippen LogP contribution in [0.25, 0.3) is 0 Å². The van der Waals surface area contributed by atoms with Crippen LogP contribution in [0.3, 0.4) is 0 Å². The van der Waals surface area contributed by atoms with Crippen LogP contribution in [-0.2, 0) is 0 Å². The number of amides is 2. The summed E-state index contributed by atoms with van der Waals surface area (Å²) in [7, 11) is 0. The first kappa shape index (κ1) is 15.2. The van der Waals surface area contributed by atoms with Crippen LogP contribution in [0.4, 0.5) is 0 Å². The predicted octanol–water partition coefficient (Wildman–Crippen LogP) is 2.68. The molecule has 1 aromatic rings. The summed E-state index contributed by atoms with van der Waals surface area (Å²) >= 11 is 3.33. The van der Waals surface area contributed by atoms with Crippen LogP contribution in [0.15, 0.2) is 22.7 Å². The summed E-state index contributed by atoms with van der Waals surface area (Å²) in [5.41, 5.74) is 0.983. The zero-order chi connectivity index (χ0) is 14.9. The molecule has 2 amide bonds. The van der Waals surface area contributed by atoms with E-state index in [-0.39, 0.29) is 11.8 Å². The van der Waals surface area contributed by atoms with E-state index in [0.717, 1.165) is 4.47 Å². The van der Waals surface area contributed by atoms with Gasteiger partial charge in [-0.15, -0.1) is 0 Å². The van der Waals surface area contributed by atoms with Crippen LogP contribution in [0.1, 0.15) is 41.5 Å². The van der Waals surface area contributed by atoms with E-state index >= 15 is 0 Å². The Morgan fingerprint density at radius 2 is 1.80 bits per heavy atom. The van der Waals surface area contributed by atoms with E-state index in [1.165, 1.54) is 4.90 Å². The Labute approximate surface area is 127 Å². The van der Waals surface area contributed by atoms with E-state index in [1.807, 2.05) is 0 Å². The Morgan fingerprint density at radius 1 is 1.15 bits per heavy atom. The fourth-order valence-corrected chi connectivity index (χ4v) is 2.47. The zero-order valence-corrected chi connectivity index (χ0v) is 13.5. The fourth-order valence-electron chi connectivity index (χ4n) is 2.11. The normalized spacial score (nSPS) is 15.9. The lowest BCUT2D eigenvalue weighted by molar-refractivity contribution is 0.0654. The van der Waals surface area contributed by atoms with Crippen LogP contribution < -0.4 is 5.32 Å². The lowest BCUT2D eigenvalue weighted by atomic mass is 10.1. The Kier molecular flexibility index (Phi) is 4.60. The molecule has 0 bridgehead atoms. The number of fused-ring (bicyclic) bond motifs is 1. The lowest BCUT2D eigenvalue weighted by Gasteiger charge is -2.20. The molecule has 0 saturated heterocycles. The summed E-state index contributed by atoms with van der Waals surface area (Å²) in [6, 6.07) is 5.55. The van der Waals surface area contributed by atoms with E-state index in [1.54, 1.807) is 18.2 Å². The number of hydrogen-bond donors (Lipinski definition) is 1. The summed E-state index contributed by atoms with van der Waals surface area (Å²) in [4.78, 5) is 25.7. The summed E-state index contributed by atoms with van der Waals surface area (Å²) in [6.07, 6.45) is 0. The maximum absolute atomic E-state index is 12.2. The largest absolute Gasteiger partial charge is 0.312 e. The van der Waals surface area contributed by atoms with Crippen molar-refractivity contribution in [1.82, 2.24) is 10.2 Å². The molecule has 0 aromatic heterocycles. The molecule has 1 aliphatic heterocycles. The fraction of sp³-hybridized carbons (Fsp3) is 0.467. The van der Waals surface area contributed by atoms with Gasteiger partial charge in [0.15, 0.2) is 0 Å². The number of nitrogens with one attached hydrogen (secondary N) is 1. The second-order valence-electron chi connectivity index (χ2n) is 5.44. The Balaban J connectivity index is 2.02. The molecule has 4 nitrogen and oxygen atoms in total. The van der Waals surface area contributed by atoms with Crippen molar-refractivity contribution in [2.75, 3.05) is 13.1 Å². The van der Waals surface area contributed by atoms with Gasteiger partial charge in [0, 0.05) is 23.6 Å². The van der Waals surface area contributed by atoms with Gasteiger partial charge in [0.25, 0.3) is 11.8 Å². The molecular formula is C15H19BrN2O2. The molecule has 1 unspecified atom stereocenters. The SMILES string of the molecule is CC(C)C(C)NCCN1C(=O)c2ccc(Br)cc2C1=O. The monoisotopic (exact) mass is 338 g/mol. The molecule has 0 aliphatic carbocycles. The smallest absolute Gasteiger partial charge is 0.261 e. The van der Waals surface area contributed by atoms with Crippen molar-refractivity contribution in [1.29, 1.82) is 0 Å². The highest BCUT2D eigenvalue weighted by atomic mass is 79.9. The third-order valence-corrected chi connectivity index (χ3v) is 4.23. The van der Waals surface area contributed by atoms with Gasteiger partial charge >= 0.3 is 0 Å². The average molecular weight is 339 g/mol. The van der Waals surface area contributed by atoms with E-state index in [0.29, 0.717) is 36.2 Å². The van der Waals surface area contributed by atoms with Crippen molar-refractivity contribution in [3.8, 4) is 0 Å². The molecule has 0 spiro atoms. The summed E-state index contributed by atoms with van der Waals surface area (Å²) in [5.74, 6) is 0.120. The molecule has 20 heavy (non-hydrogen) atoms. The second kappa shape index (κ2) is 6.06. The second-order valence-corrected chi connectivity index (χ2v) is 6.35. The average Bonchev–Trinajstić information content (AvgIpc) is 2.63. The molecule has 1 aliphatic rings. The Hall–Kier alpha value is -1.20. The zero-order valence-electron chi connectivity index (χ0n) is 11.9. The third kappa shape index (κ3) is 2.94. The van der Waals surface area contributed by atoms with Crippen molar-refractivity contribution < 1.29 is 9.59 Å². The molecular weight excluding hydrogens is 320 g/mol. The minimum atomic E-state index is -0.203. The summed E-state index contributed by atoms with van der Waals surface area (Å²) in [5, 5.41) is 3.33. The number of benzene rings is 1. The van der Waals surface area contributed by atoms with Gasteiger partial charge in [0.1, 0.15) is 0 Å². The number of nitrogens with zero attached hydrogens (tertiary/aromatic N) is 1. The van der Waals surface area contributed by atoms with Crippen molar-refractivity contribution in [2.24, 2.45) is 5.92 Å². The van der Waals surface area contributed by atoms with Crippen LogP contribution in [0.2, 0.25) is 0 Å². The number of carbonyl (C=O) groups is 2. The first-order valence-corrected chi connectivity index (χ1v) is 7.60. The highest BCUT2D eigenvalue weighted by molar-refractivity contribution is 9.10.